The maximum atomic E-state index is 5.13. The Morgan fingerprint density at radius 2 is 2.00 bits per heavy atom. The van der Waals surface area contributed by atoms with Crippen molar-refractivity contribution in [1.29, 1.82) is 0 Å². The van der Waals surface area contributed by atoms with E-state index in [1.165, 1.54) is 0 Å². The summed E-state index contributed by atoms with van der Waals surface area (Å²) in [5, 5.41) is 3.21. The molecule has 0 aliphatic carbocycles. The van der Waals surface area contributed by atoms with Crippen molar-refractivity contribution in [2.45, 2.75) is 26.8 Å². The van der Waals surface area contributed by atoms with Crippen LogP contribution in [0.25, 0.3) is 0 Å². The first kappa shape index (κ1) is 11.5. The van der Waals surface area contributed by atoms with E-state index in [0.717, 1.165) is 19.6 Å². The summed E-state index contributed by atoms with van der Waals surface area (Å²) in [6.45, 7) is 10.4. The maximum Gasteiger partial charge on any atom is 0.0574 e. The van der Waals surface area contributed by atoms with Crippen LogP contribution in [0.3, 0.4) is 0 Å². The summed E-state index contributed by atoms with van der Waals surface area (Å²) in [5.41, 5.74) is 0. The highest BCUT2D eigenvalue weighted by molar-refractivity contribution is 4.87. The van der Waals surface area contributed by atoms with E-state index in [-0.39, 0.29) is 0 Å². The van der Waals surface area contributed by atoms with Crippen LogP contribution in [-0.4, -0.2) is 37.1 Å². The van der Waals surface area contributed by atoms with Gasteiger partial charge < -0.3 is 5.32 Å². The Morgan fingerprint density at radius 3 is 2.42 bits per heavy atom. The van der Waals surface area contributed by atoms with Crippen molar-refractivity contribution in [2.75, 3.05) is 26.2 Å². The van der Waals surface area contributed by atoms with Crippen molar-refractivity contribution in [3.8, 4) is 12.3 Å². The molecule has 0 aromatic heterocycles. The fraction of sp³-hybridized carbons (Fsp3) is 0.800. The molecule has 0 spiro atoms. The van der Waals surface area contributed by atoms with Gasteiger partial charge in [-0.25, -0.2) is 0 Å². The SMILES string of the molecule is C#CCNCC(C)N(CC)CC. The number of terminal acetylenes is 1. The molecule has 70 valence electrons. The number of hydrogen-bond acceptors (Lipinski definition) is 2. The van der Waals surface area contributed by atoms with Gasteiger partial charge in [0, 0.05) is 12.6 Å². The van der Waals surface area contributed by atoms with Crippen molar-refractivity contribution < 1.29 is 0 Å². The Labute approximate surface area is 76.3 Å². The standard InChI is InChI=1S/C10H20N2/c1-5-8-11-9-10(4)12(6-2)7-3/h1,10-11H,6-9H2,2-4H3. The van der Waals surface area contributed by atoms with Gasteiger partial charge in [-0.2, -0.15) is 0 Å². The third kappa shape index (κ3) is 4.38. The molecule has 0 aromatic carbocycles. The Balaban J connectivity index is 3.55. The molecular formula is C10H20N2. The summed E-state index contributed by atoms with van der Waals surface area (Å²) in [6, 6.07) is 0.577. The predicted molar refractivity (Wildman–Crippen MR) is 54.1 cm³/mol. The molecule has 0 rings (SSSR count). The van der Waals surface area contributed by atoms with Gasteiger partial charge in [-0.3, -0.25) is 4.90 Å². The second-order valence-electron chi connectivity index (χ2n) is 2.91. The highest BCUT2D eigenvalue weighted by Crippen LogP contribution is 1.95. The molecule has 0 bridgehead atoms. The Bertz CT molecular complexity index is 133. The first-order valence-corrected chi connectivity index (χ1v) is 4.64. The van der Waals surface area contributed by atoms with Gasteiger partial charge in [-0.1, -0.05) is 19.8 Å². The van der Waals surface area contributed by atoms with E-state index in [1.54, 1.807) is 0 Å². The predicted octanol–water partition coefficient (Wildman–Crippen LogP) is 0.940. The van der Waals surface area contributed by atoms with Crippen LogP contribution in [0.15, 0.2) is 0 Å². The smallest absolute Gasteiger partial charge is 0.0574 e. The molecule has 0 aliphatic rings. The molecule has 1 unspecified atom stereocenters. The van der Waals surface area contributed by atoms with Crippen LogP contribution >= 0.6 is 0 Å². The summed E-state index contributed by atoms with van der Waals surface area (Å²) in [6.07, 6.45) is 5.13. The zero-order chi connectivity index (χ0) is 9.40. The Morgan fingerprint density at radius 1 is 1.42 bits per heavy atom. The molecule has 0 saturated heterocycles. The van der Waals surface area contributed by atoms with Crippen LogP contribution in [0.5, 0.6) is 0 Å². The van der Waals surface area contributed by atoms with Crippen molar-refractivity contribution in [3.05, 3.63) is 0 Å². The highest BCUT2D eigenvalue weighted by atomic mass is 15.2. The summed E-state index contributed by atoms with van der Waals surface area (Å²) in [5.74, 6) is 2.57. The van der Waals surface area contributed by atoms with Crippen LogP contribution in [0.2, 0.25) is 0 Å². The van der Waals surface area contributed by atoms with E-state index in [2.05, 4.69) is 36.9 Å². The molecule has 0 aromatic rings. The summed E-state index contributed by atoms with van der Waals surface area (Å²) >= 11 is 0. The van der Waals surface area contributed by atoms with E-state index < -0.39 is 0 Å². The number of rotatable bonds is 6. The average Bonchev–Trinajstić information content (AvgIpc) is 2.07. The van der Waals surface area contributed by atoms with Gasteiger partial charge in [0.25, 0.3) is 0 Å². The van der Waals surface area contributed by atoms with Gasteiger partial charge in [0.15, 0.2) is 0 Å². The second kappa shape index (κ2) is 7.15. The minimum absolute atomic E-state index is 0.577. The monoisotopic (exact) mass is 168 g/mol. The lowest BCUT2D eigenvalue weighted by molar-refractivity contribution is 0.227. The zero-order valence-electron chi connectivity index (χ0n) is 8.43. The second-order valence-corrected chi connectivity index (χ2v) is 2.91. The lowest BCUT2D eigenvalue weighted by Crippen LogP contribution is -2.40. The van der Waals surface area contributed by atoms with Crippen molar-refractivity contribution in [1.82, 2.24) is 10.2 Å². The van der Waals surface area contributed by atoms with Gasteiger partial charge in [0.05, 0.1) is 6.54 Å². The molecule has 0 aliphatic heterocycles. The lowest BCUT2D eigenvalue weighted by atomic mass is 10.3. The average molecular weight is 168 g/mol. The number of nitrogens with zero attached hydrogens (tertiary/aromatic N) is 1. The van der Waals surface area contributed by atoms with Gasteiger partial charge in [-0.05, 0) is 20.0 Å². The molecule has 1 N–H and O–H groups in total. The molecule has 0 amide bonds. The zero-order valence-corrected chi connectivity index (χ0v) is 8.43. The maximum absolute atomic E-state index is 5.13. The fourth-order valence-corrected chi connectivity index (χ4v) is 1.33. The summed E-state index contributed by atoms with van der Waals surface area (Å²) in [7, 11) is 0. The topological polar surface area (TPSA) is 15.3 Å². The molecule has 0 radical (unpaired) electrons. The molecule has 1 atom stereocenters. The minimum Gasteiger partial charge on any atom is -0.305 e. The van der Waals surface area contributed by atoms with Gasteiger partial charge in [-0.15, -0.1) is 6.42 Å². The fourth-order valence-electron chi connectivity index (χ4n) is 1.33. The summed E-state index contributed by atoms with van der Waals surface area (Å²) in [4.78, 5) is 2.41. The van der Waals surface area contributed by atoms with Crippen molar-refractivity contribution in [2.24, 2.45) is 0 Å². The number of likely N-dealkylation sites (N-methyl/N-ethyl adjacent to an activating group) is 1. The normalized spacial score (nSPS) is 12.9. The molecule has 2 heteroatoms. The van der Waals surface area contributed by atoms with Crippen LogP contribution in [-0.2, 0) is 0 Å². The van der Waals surface area contributed by atoms with Gasteiger partial charge >= 0.3 is 0 Å². The van der Waals surface area contributed by atoms with Crippen LogP contribution in [0.4, 0.5) is 0 Å². The molecule has 12 heavy (non-hydrogen) atoms. The molecule has 0 fully saturated rings. The number of hydrogen-bond donors (Lipinski definition) is 1. The first-order chi connectivity index (χ1) is 5.76. The van der Waals surface area contributed by atoms with Crippen molar-refractivity contribution >= 4 is 0 Å². The molecule has 0 heterocycles. The van der Waals surface area contributed by atoms with E-state index in [9.17, 15) is 0 Å². The Kier molecular flexibility index (Phi) is 6.84. The van der Waals surface area contributed by atoms with Crippen molar-refractivity contribution in [3.63, 3.8) is 0 Å². The van der Waals surface area contributed by atoms with Crippen LogP contribution in [0.1, 0.15) is 20.8 Å². The third-order valence-corrected chi connectivity index (χ3v) is 2.10. The first-order valence-electron chi connectivity index (χ1n) is 4.64. The molecule has 0 saturated carbocycles. The quantitative estimate of drug-likeness (QED) is 0.469. The Hall–Kier alpha value is -0.520. The minimum atomic E-state index is 0.577. The van der Waals surface area contributed by atoms with Crippen LogP contribution < -0.4 is 5.32 Å². The van der Waals surface area contributed by atoms with E-state index >= 15 is 0 Å². The largest absolute Gasteiger partial charge is 0.305 e. The van der Waals surface area contributed by atoms with Crippen LogP contribution in [0, 0.1) is 12.3 Å². The summed E-state index contributed by atoms with van der Waals surface area (Å²) < 4.78 is 0. The number of nitrogens with one attached hydrogen (secondary N) is 1. The van der Waals surface area contributed by atoms with Gasteiger partial charge in [0.2, 0.25) is 0 Å². The molecular weight excluding hydrogens is 148 g/mol. The van der Waals surface area contributed by atoms with E-state index in [4.69, 9.17) is 6.42 Å². The van der Waals surface area contributed by atoms with Gasteiger partial charge in [0.1, 0.15) is 0 Å². The van der Waals surface area contributed by atoms with E-state index in [0.29, 0.717) is 12.6 Å². The molecule has 2 nitrogen and oxygen atoms in total. The van der Waals surface area contributed by atoms with E-state index in [1.807, 2.05) is 0 Å². The lowest BCUT2D eigenvalue weighted by Gasteiger charge is -2.26. The third-order valence-electron chi connectivity index (χ3n) is 2.10. The highest BCUT2D eigenvalue weighted by Gasteiger charge is 2.07.